The van der Waals surface area contributed by atoms with Crippen molar-refractivity contribution in [3.05, 3.63) is 28.2 Å². The highest BCUT2D eigenvalue weighted by Crippen LogP contribution is 2.23. The Bertz CT molecular complexity index is 552. The first-order valence-corrected chi connectivity index (χ1v) is 6.81. The molecule has 0 saturated heterocycles. The molecule has 2 amide bonds. The zero-order chi connectivity index (χ0) is 15.1. The summed E-state index contributed by atoms with van der Waals surface area (Å²) in [4.78, 5) is 22.7. The molecule has 0 aromatic heterocycles. The van der Waals surface area contributed by atoms with Crippen molar-refractivity contribution in [3.8, 4) is 12.3 Å². The van der Waals surface area contributed by atoms with E-state index in [0.29, 0.717) is 23.0 Å². The van der Waals surface area contributed by atoms with Gasteiger partial charge in [-0.05, 0) is 40.5 Å². The van der Waals surface area contributed by atoms with E-state index in [0.717, 1.165) is 0 Å². The summed E-state index contributed by atoms with van der Waals surface area (Å²) in [5.74, 6) is 1.44. The molecule has 0 bridgehead atoms. The summed E-state index contributed by atoms with van der Waals surface area (Å²) in [6.45, 7) is 1.92. The van der Waals surface area contributed by atoms with Crippen LogP contribution >= 0.6 is 15.9 Å². The van der Waals surface area contributed by atoms with Gasteiger partial charge in [0.1, 0.15) is 0 Å². The van der Waals surface area contributed by atoms with Crippen LogP contribution in [0.15, 0.2) is 22.7 Å². The molecular formula is C14H15BrN2O3. The Morgan fingerprint density at radius 1 is 1.50 bits per heavy atom. The van der Waals surface area contributed by atoms with E-state index in [-0.39, 0.29) is 11.6 Å². The van der Waals surface area contributed by atoms with Crippen LogP contribution in [-0.2, 0) is 0 Å². The van der Waals surface area contributed by atoms with Gasteiger partial charge in [0.2, 0.25) is 0 Å². The predicted molar refractivity (Wildman–Crippen MR) is 80.8 cm³/mol. The minimum Gasteiger partial charge on any atom is -0.478 e. The van der Waals surface area contributed by atoms with E-state index in [2.05, 4.69) is 32.5 Å². The lowest BCUT2D eigenvalue weighted by Gasteiger charge is -2.15. The highest BCUT2D eigenvalue weighted by molar-refractivity contribution is 9.10. The lowest BCUT2D eigenvalue weighted by Crippen LogP contribution is -2.37. The molecule has 1 aromatic rings. The number of aromatic carboxylic acids is 1. The summed E-state index contributed by atoms with van der Waals surface area (Å²) in [5.41, 5.74) is 0.483. The molecule has 1 unspecified atom stereocenters. The first-order chi connectivity index (χ1) is 9.47. The third kappa shape index (κ3) is 4.59. The van der Waals surface area contributed by atoms with E-state index in [4.69, 9.17) is 11.5 Å². The van der Waals surface area contributed by atoms with E-state index in [1.807, 2.05) is 6.92 Å². The Balaban J connectivity index is 2.77. The molecular weight excluding hydrogens is 324 g/mol. The van der Waals surface area contributed by atoms with Crippen LogP contribution in [0.4, 0.5) is 10.5 Å². The fraction of sp³-hybridized carbons (Fsp3) is 0.286. The molecule has 5 nitrogen and oxygen atoms in total. The maximum atomic E-state index is 11.8. The molecule has 6 heteroatoms. The fourth-order valence-electron chi connectivity index (χ4n) is 1.54. The van der Waals surface area contributed by atoms with Gasteiger partial charge in [0, 0.05) is 16.9 Å². The second-order valence-electron chi connectivity index (χ2n) is 4.11. The molecule has 0 aliphatic rings. The number of terminal acetylenes is 1. The molecule has 0 spiro atoms. The van der Waals surface area contributed by atoms with Gasteiger partial charge in [0.25, 0.3) is 0 Å². The molecule has 0 saturated carbocycles. The van der Waals surface area contributed by atoms with Crippen molar-refractivity contribution in [1.29, 1.82) is 0 Å². The Hall–Kier alpha value is -2.00. The van der Waals surface area contributed by atoms with Crippen molar-refractivity contribution in [3.63, 3.8) is 0 Å². The van der Waals surface area contributed by atoms with Gasteiger partial charge in [0.05, 0.1) is 11.3 Å². The van der Waals surface area contributed by atoms with Crippen molar-refractivity contribution in [1.82, 2.24) is 5.32 Å². The number of halogens is 1. The number of benzene rings is 1. The van der Waals surface area contributed by atoms with Gasteiger partial charge in [-0.25, -0.2) is 9.59 Å². The zero-order valence-electron chi connectivity index (χ0n) is 10.9. The first kappa shape index (κ1) is 16.1. The van der Waals surface area contributed by atoms with Gasteiger partial charge in [-0.3, -0.25) is 0 Å². The van der Waals surface area contributed by atoms with E-state index >= 15 is 0 Å². The topological polar surface area (TPSA) is 78.4 Å². The summed E-state index contributed by atoms with van der Waals surface area (Å²) in [6, 6.07) is 3.87. The van der Waals surface area contributed by atoms with Crippen molar-refractivity contribution < 1.29 is 14.7 Å². The van der Waals surface area contributed by atoms with Crippen LogP contribution < -0.4 is 10.6 Å². The number of carboxylic acid groups (broad SMARTS) is 1. The van der Waals surface area contributed by atoms with Gasteiger partial charge in [-0.1, -0.05) is 6.92 Å². The molecule has 1 rings (SSSR count). The van der Waals surface area contributed by atoms with Crippen molar-refractivity contribution in [2.75, 3.05) is 5.32 Å². The molecule has 1 atom stereocenters. The van der Waals surface area contributed by atoms with Gasteiger partial charge in [-0.15, -0.1) is 12.3 Å². The molecule has 0 radical (unpaired) electrons. The minimum atomic E-state index is -1.06. The van der Waals surface area contributed by atoms with Crippen LogP contribution in [0.1, 0.15) is 30.1 Å². The lowest BCUT2D eigenvalue weighted by molar-refractivity contribution is 0.0697. The summed E-state index contributed by atoms with van der Waals surface area (Å²) < 4.78 is 0.600. The number of urea groups is 1. The molecule has 20 heavy (non-hydrogen) atoms. The largest absolute Gasteiger partial charge is 0.478 e. The van der Waals surface area contributed by atoms with Crippen LogP contribution in [0.25, 0.3) is 0 Å². The SMILES string of the molecule is C#CCC(CC)NC(=O)Nc1cc(C(=O)O)ccc1Br. The molecule has 1 aromatic carbocycles. The average Bonchev–Trinajstić information content (AvgIpc) is 2.40. The van der Waals surface area contributed by atoms with Crippen LogP contribution in [0.2, 0.25) is 0 Å². The Morgan fingerprint density at radius 3 is 2.75 bits per heavy atom. The Kier molecular flexibility index (Phi) is 6.07. The number of rotatable bonds is 5. The summed E-state index contributed by atoms with van der Waals surface area (Å²) >= 11 is 3.25. The van der Waals surface area contributed by atoms with Crippen LogP contribution in [0.5, 0.6) is 0 Å². The fourth-order valence-corrected chi connectivity index (χ4v) is 1.88. The maximum absolute atomic E-state index is 11.8. The van der Waals surface area contributed by atoms with Gasteiger partial charge >= 0.3 is 12.0 Å². The third-order valence-corrected chi connectivity index (χ3v) is 3.35. The Morgan fingerprint density at radius 2 is 2.20 bits per heavy atom. The van der Waals surface area contributed by atoms with Gasteiger partial charge in [-0.2, -0.15) is 0 Å². The van der Waals surface area contributed by atoms with Gasteiger partial charge in [0.15, 0.2) is 0 Å². The predicted octanol–water partition coefficient (Wildman–Crippen LogP) is 3.07. The molecule has 3 N–H and O–H groups in total. The van der Waals surface area contributed by atoms with E-state index in [1.165, 1.54) is 12.1 Å². The van der Waals surface area contributed by atoms with Crippen molar-refractivity contribution in [2.45, 2.75) is 25.8 Å². The normalized spacial score (nSPS) is 11.2. The van der Waals surface area contributed by atoms with E-state index in [9.17, 15) is 9.59 Å². The highest BCUT2D eigenvalue weighted by atomic mass is 79.9. The third-order valence-electron chi connectivity index (χ3n) is 2.65. The zero-order valence-corrected chi connectivity index (χ0v) is 12.5. The van der Waals surface area contributed by atoms with Crippen LogP contribution in [0.3, 0.4) is 0 Å². The van der Waals surface area contributed by atoms with E-state index < -0.39 is 12.0 Å². The Labute approximate surface area is 125 Å². The molecule has 106 valence electrons. The molecule has 0 fully saturated rings. The smallest absolute Gasteiger partial charge is 0.335 e. The number of hydrogen-bond donors (Lipinski definition) is 3. The standard InChI is InChI=1S/C14H15BrN2O3/c1-3-5-10(4-2)16-14(20)17-12-8-9(13(18)19)6-7-11(12)15/h1,6-8,10H,4-5H2,2H3,(H,18,19)(H2,16,17,20). The van der Waals surface area contributed by atoms with Crippen molar-refractivity contribution >= 4 is 33.6 Å². The molecule has 0 aliphatic carbocycles. The maximum Gasteiger partial charge on any atom is 0.335 e. The second kappa shape index (κ2) is 7.56. The number of carbonyl (C=O) groups excluding carboxylic acids is 1. The number of anilines is 1. The number of nitrogens with one attached hydrogen (secondary N) is 2. The number of amides is 2. The number of carboxylic acids is 1. The quantitative estimate of drug-likeness (QED) is 0.722. The monoisotopic (exact) mass is 338 g/mol. The van der Waals surface area contributed by atoms with Crippen LogP contribution in [0, 0.1) is 12.3 Å². The minimum absolute atomic E-state index is 0.0965. The van der Waals surface area contributed by atoms with Crippen LogP contribution in [-0.4, -0.2) is 23.1 Å². The molecule has 0 heterocycles. The van der Waals surface area contributed by atoms with Gasteiger partial charge < -0.3 is 15.7 Å². The van der Waals surface area contributed by atoms with Crippen molar-refractivity contribution in [2.24, 2.45) is 0 Å². The summed E-state index contributed by atoms with van der Waals surface area (Å²) in [5, 5.41) is 14.3. The molecule has 0 aliphatic heterocycles. The van der Waals surface area contributed by atoms with E-state index in [1.54, 1.807) is 6.07 Å². The lowest BCUT2D eigenvalue weighted by atomic mass is 10.1. The second-order valence-corrected chi connectivity index (χ2v) is 4.97. The first-order valence-electron chi connectivity index (χ1n) is 6.01. The highest BCUT2D eigenvalue weighted by Gasteiger charge is 2.12. The number of carbonyl (C=O) groups is 2. The average molecular weight is 339 g/mol. The summed E-state index contributed by atoms with van der Waals surface area (Å²) in [6.07, 6.45) is 6.38. The summed E-state index contributed by atoms with van der Waals surface area (Å²) in [7, 11) is 0. The number of hydrogen-bond acceptors (Lipinski definition) is 2.